The van der Waals surface area contributed by atoms with E-state index in [-0.39, 0.29) is 18.9 Å². The average Bonchev–Trinajstić information content (AvgIpc) is 3.32. The molecule has 25 heavy (non-hydrogen) atoms. The standard InChI is InChI=1S/C17H13N3O3S2/c21-15(19-16-18-11(10-25-16)14-6-3-9-24-14)7-8-20-12-4-1-2-5-13(12)23-17(20)22/h1-6,9-10H,7-8H2,(H,18,19,21). The highest BCUT2D eigenvalue weighted by Crippen LogP contribution is 2.28. The summed E-state index contributed by atoms with van der Waals surface area (Å²) in [6, 6.07) is 11.1. The predicted molar refractivity (Wildman–Crippen MR) is 99.1 cm³/mol. The molecule has 0 radical (unpaired) electrons. The van der Waals surface area contributed by atoms with Gasteiger partial charge < -0.3 is 9.73 Å². The van der Waals surface area contributed by atoms with Gasteiger partial charge in [0.2, 0.25) is 5.91 Å². The summed E-state index contributed by atoms with van der Waals surface area (Å²) in [5.74, 6) is -0.646. The zero-order valence-corrected chi connectivity index (χ0v) is 14.6. The Bertz CT molecular complexity index is 1080. The minimum atomic E-state index is -0.455. The van der Waals surface area contributed by atoms with E-state index in [4.69, 9.17) is 4.42 Å². The molecule has 4 rings (SSSR count). The topological polar surface area (TPSA) is 77.1 Å². The Labute approximate surface area is 150 Å². The van der Waals surface area contributed by atoms with Crippen molar-refractivity contribution in [3.8, 4) is 10.6 Å². The Morgan fingerprint density at radius 2 is 2.08 bits per heavy atom. The lowest BCUT2D eigenvalue weighted by Crippen LogP contribution is -2.19. The molecule has 0 unspecified atom stereocenters. The van der Waals surface area contributed by atoms with Crippen molar-refractivity contribution >= 4 is 44.8 Å². The third-order valence-corrected chi connectivity index (χ3v) is 5.31. The van der Waals surface area contributed by atoms with Gasteiger partial charge in [-0.15, -0.1) is 22.7 Å². The predicted octanol–water partition coefficient (Wildman–Crippen LogP) is 3.81. The molecule has 8 heteroatoms. The number of nitrogens with zero attached hydrogens (tertiary/aromatic N) is 2. The van der Waals surface area contributed by atoms with Gasteiger partial charge >= 0.3 is 5.76 Å². The third-order valence-electron chi connectivity index (χ3n) is 3.66. The summed E-state index contributed by atoms with van der Waals surface area (Å²) < 4.78 is 6.63. The quantitative estimate of drug-likeness (QED) is 0.579. The summed E-state index contributed by atoms with van der Waals surface area (Å²) >= 11 is 2.98. The maximum atomic E-state index is 12.2. The number of para-hydroxylation sites is 2. The molecule has 0 aliphatic heterocycles. The fraction of sp³-hybridized carbons (Fsp3) is 0.118. The number of thiophene rings is 1. The van der Waals surface area contributed by atoms with E-state index in [1.807, 2.05) is 29.0 Å². The molecule has 0 saturated carbocycles. The molecule has 0 spiro atoms. The number of benzene rings is 1. The second-order valence-corrected chi connectivity index (χ2v) is 7.11. The largest absolute Gasteiger partial charge is 0.419 e. The monoisotopic (exact) mass is 371 g/mol. The Hall–Kier alpha value is -2.71. The molecular formula is C17H13N3O3S2. The van der Waals surface area contributed by atoms with E-state index in [1.54, 1.807) is 29.5 Å². The summed E-state index contributed by atoms with van der Waals surface area (Å²) in [6.07, 6.45) is 0.164. The SMILES string of the molecule is O=C(CCn1c(=O)oc2ccccc21)Nc1nc(-c2cccs2)cs1. The molecule has 1 N–H and O–H groups in total. The number of oxazole rings is 1. The van der Waals surface area contributed by atoms with Crippen LogP contribution in [0, 0.1) is 0 Å². The molecule has 0 atom stereocenters. The Balaban J connectivity index is 1.42. The number of aryl methyl sites for hydroxylation is 1. The van der Waals surface area contributed by atoms with E-state index in [2.05, 4.69) is 10.3 Å². The Morgan fingerprint density at radius 3 is 2.92 bits per heavy atom. The lowest BCUT2D eigenvalue weighted by molar-refractivity contribution is -0.116. The molecule has 3 heterocycles. The number of aromatic nitrogens is 2. The maximum absolute atomic E-state index is 12.2. The summed E-state index contributed by atoms with van der Waals surface area (Å²) in [4.78, 5) is 29.5. The summed E-state index contributed by atoms with van der Waals surface area (Å²) in [7, 11) is 0. The van der Waals surface area contributed by atoms with Crippen LogP contribution in [0.1, 0.15) is 6.42 Å². The van der Waals surface area contributed by atoms with Gasteiger partial charge in [-0.1, -0.05) is 18.2 Å². The highest BCUT2D eigenvalue weighted by atomic mass is 32.1. The fourth-order valence-corrected chi connectivity index (χ4v) is 3.98. The van der Waals surface area contributed by atoms with Gasteiger partial charge in [-0.3, -0.25) is 9.36 Å². The smallest absolute Gasteiger partial charge is 0.408 e. The van der Waals surface area contributed by atoms with Crippen molar-refractivity contribution < 1.29 is 9.21 Å². The Kier molecular flexibility index (Phi) is 4.21. The van der Waals surface area contributed by atoms with Crippen molar-refractivity contribution in [2.75, 3.05) is 5.32 Å². The molecule has 1 amide bonds. The van der Waals surface area contributed by atoms with Crippen LogP contribution in [-0.2, 0) is 11.3 Å². The number of carbonyl (C=O) groups excluding carboxylic acids is 1. The van der Waals surface area contributed by atoms with Gasteiger partial charge in [-0.2, -0.15) is 0 Å². The van der Waals surface area contributed by atoms with Crippen LogP contribution >= 0.6 is 22.7 Å². The zero-order chi connectivity index (χ0) is 17.2. The van der Waals surface area contributed by atoms with Crippen LogP contribution < -0.4 is 11.1 Å². The molecule has 6 nitrogen and oxygen atoms in total. The molecular weight excluding hydrogens is 358 g/mol. The van der Waals surface area contributed by atoms with E-state index in [9.17, 15) is 9.59 Å². The molecule has 0 aliphatic carbocycles. The van der Waals surface area contributed by atoms with Gasteiger partial charge in [0.05, 0.1) is 16.1 Å². The number of rotatable bonds is 5. The molecule has 1 aromatic carbocycles. The van der Waals surface area contributed by atoms with Gasteiger partial charge in [-0.25, -0.2) is 9.78 Å². The van der Waals surface area contributed by atoms with E-state index in [0.717, 1.165) is 10.6 Å². The van der Waals surface area contributed by atoms with Gasteiger partial charge in [0.25, 0.3) is 0 Å². The molecule has 0 saturated heterocycles. The van der Waals surface area contributed by atoms with Crippen molar-refractivity contribution in [2.45, 2.75) is 13.0 Å². The first-order valence-corrected chi connectivity index (χ1v) is 9.34. The first kappa shape index (κ1) is 15.8. The molecule has 0 aliphatic rings. The minimum absolute atomic E-state index is 0.164. The van der Waals surface area contributed by atoms with Crippen molar-refractivity contribution in [3.63, 3.8) is 0 Å². The Morgan fingerprint density at radius 1 is 1.20 bits per heavy atom. The molecule has 3 aromatic heterocycles. The number of amides is 1. The second-order valence-electron chi connectivity index (χ2n) is 5.30. The fourth-order valence-electron chi connectivity index (χ4n) is 2.49. The number of carbonyl (C=O) groups is 1. The number of nitrogens with one attached hydrogen (secondary N) is 1. The maximum Gasteiger partial charge on any atom is 0.419 e. The highest BCUT2D eigenvalue weighted by Gasteiger charge is 2.12. The molecule has 126 valence electrons. The van der Waals surface area contributed by atoms with Gasteiger partial charge in [0.1, 0.15) is 0 Å². The number of thiazole rings is 1. The lowest BCUT2D eigenvalue weighted by Gasteiger charge is -2.03. The number of fused-ring (bicyclic) bond motifs is 1. The van der Waals surface area contributed by atoms with Crippen molar-refractivity contribution in [2.24, 2.45) is 0 Å². The van der Waals surface area contributed by atoms with Crippen LogP contribution in [0.25, 0.3) is 21.7 Å². The van der Waals surface area contributed by atoms with E-state index in [1.165, 1.54) is 15.9 Å². The number of hydrogen-bond acceptors (Lipinski definition) is 6. The van der Waals surface area contributed by atoms with Crippen LogP contribution in [0.15, 0.2) is 56.4 Å². The van der Waals surface area contributed by atoms with Crippen molar-refractivity contribution in [1.29, 1.82) is 0 Å². The summed E-state index contributed by atoms with van der Waals surface area (Å²) in [5, 5.41) is 7.23. The van der Waals surface area contributed by atoms with Gasteiger partial charge in [0.15, 0.2) is 10.7 Å². The lowest BCUT2D eigenvalue weighted by atomic mass is 10.3. The average molecular weight is 371 g/mol. The second kappa shape index (κ2) is 6.66. The van der Waals surface area contributed by atoms with Crippen LogP contribution in [0.4, 0.5) is 5.13 Å². The zero-order valence-electron chi connectivity index (χ0n) is 13.0. The minimum Gasteiger partial charge on any atom is -0.408 e. The molecule has 0 fully saturated rings. The number of hydrogen-bond donors (Lipinski definition) is 1. The van der Waals surface area contributed by atoms with E-state index < -0.39 is 5.76 Å². The molecule has 0 bridgehead atoms. The van der Waals surface area contributed by atoms with Crippen molar-refractivity contribution in [3.05, 3.63) is 57.7 Å². The first-order valence-electron chi connectivity index (χ1n) is 7.58. The first-order chi connectivity index (χ1) is 12.2. The third kappa shape index (κ3) is 3.26. The highest BCUT2D eigenvalue weighted by molar-refractivity contribution is 7.16. The van der Waals surface area contributed by atoms with E-state index >= 15 is 0 Å². The number of anilines is 1. The van der Waals surface area contributed by atoms with Gasteiger partial charge in [-0.05, 0) is 23.6 Å². The van der Waals surface area contributed by atoms with Crippen LogP contribution in [0.5, 0.6) is 0 Å². The normalized spacial score (nSPS) is 11.0. The van der Waals surface area contributed by atoms with Crippen LogP contribution in [0.3, 0.4) is 0 Å². The van der Waals surface area contributed by atoms with Crippen molar-refractivity contribution in [1.82, 2.24) is 9.55 Å². The van der Waals surface area contributed by atoms with Crippen LogP contribution in [0.2, 0.25) is 0 Å². The van der Waals surface area contributed by atoms with Gasteiger partial charge in [0, 0.05) is 18.3 Å². The summed E-state index contributed by atoms with van der Waals surface area (Å²) in [6.45, 7) is 0.255. The molecule has 4 aromatic rings. The van der Waals surface area contributed by atoms with E-state index in [0.29, 0.717) is 16.2 Å². The summed E-state index contributed by atoms with van der Waals surface area (Å²) in [5.41, 5.74) is 2.07. The van der Waals surface area contributed by atoms with Crippen LogP contribution in [-0.4, -0.2) is 15.5 Å².